The molecule has 0 N–H and O–H groups in total. The van der Waals surface area contributed by atoms with Crippen LogP contribution in [-0.4, -0.2) is 39.2 Å². The number of ether oxygens (including phenoxy) is 1. The number of carbonyl (C=O) groups is 1. The summed E-state index contributed by atoms with van der Waals surface area (Å²) in [7, 11) is 1.80. The third-order valence-corrected chi connectivity index (χ3v) is 4.73. The normalized spacial score (nSPS) is 11.9. The third kappa shape index (κ3) is 4.34. The highest BCUT2D eigenvalue weighted by Gasteiger charge is 2.18. The summed E-state index contributed by atoms with van der Waals surface area (Å²) >= 11 is 0. The van der Waals surface area contributed by atoms with Crippen molar-refractivity contribution in [2.45, 2.75) is 26.8 Å². The van der Waals surface area contributed by atoms with Crippen LogP contribution in [0.25, 0.3) is 5.69 Å². The maximum Gasteiger partial charge on any atom is 0.260 e. The molecule has 1 heterocycles. The average molecular weight is 364 g/mol. The maximum atomic E-state index is 12.6. The van der Waals surface area contributed by atoms with E-state index in [0.29, 0.717) is 0 Å². The highest BCUT2D eigenvalue weighted by molar-refractivity contribution is 5.78. The minimum absolute atomic E-state index is 0.0160. The Balaban J connectivity index is 1.63. The minimum Gasteiger partial charge on any atom is -0.483 e. The van der Waals surface area contributed by atoms with Crippen LogP contribution < -0.4 is 4.74 Å². The first-order chi connectivity index (χ1) is 13.0. The van der Waals surface area contributed by atoms with Gasteiger partial charge in [-0.15, -0.1) is 0 Å². The molecule has 6 nitrogen and oxygen atoms in total. The van der Waals surface area contributed by atoms with Gasteiger partial charge in [-0.25, -0.2) is 9.67 Å². The Hall–Kier alpha value is -3.15. The van der Waals surface area contributed by atoms with Crippen LogP contribution in [0.2, 0.25) is 0 Å². The number of benzene rings is 2. The van der Waals surface area contributed by atoms with Gasteiger partial charge in [0.2, 0.25) is 0 Å². The van der Waals surface area contributed by atoms with Crippen LogP contribution in [0.3, 0.4) is 0 Å². The first kappa shape index (κ1) is 18.6. The van der Waals surface area contributed by atoms with Crippen molar-refractivity contribution in [3.8, 4) is 11.4 Å². The van der Waals surface area contributed by atoms with Gasteiger partial charge in [0.05, 0.1) is 11.7 Å². The number of rotatable bonds is 6. The summed E-state index contributed by atoms with van der Waals surface area (Å²) in [4.78, 5) is 18.2. The van der Waals surface area contributed by atoms with E-state index >= 15 is 0 Å². The third-order valence-electron chi connectivity index (χ3n) is 4.73. The molecule has 0 bridgehead atoms. The Morgan fingerprint density at radius 3 is 2.59 bits per heavy atom. The molecule has 0 saturated carbocycles. The van der Waals surface area contributed by atoms with Crippen molar-refractivity contribution < 1.29 is 9.53 Å². The summed E-state index contributed by atoms with van der Waals surface area (Å²) in [5, 5.41) is 4.12. The van der Waals surface area contributed by atoms with Gasteiger partial charge in [0, 0.05) is 7.05 Å². The predicted molar refractivity (Wildman–Crippen MR) is 104 cm³/mol. The van der Waals surface area contributed by atoms with Crippen LogP contribution in [0.15, 0.2) is 55.1 Å². The Morgan fingerprint density at radius 1 is 1.19 bits per heavy atom. The number of carbonyl (C=O) groups excluding carboxylic acids is 1. The number of aryl methyl sites for hydroxylation is 2. The molecule has 1 aromatic heterocycles. The second-order valence-electron chi connectivity index (χ2n) is 6.67. The molecule has 1 unspecified atom stereocenters. The molecule has 6 heteroatoms. The largest absolute Gasteiger partial charge is 0.483 e. The van der Waals surface area contributed by atoms with E-state index in [-0.39, 0.29) is 18.6 Å². The van der Waals surface area contributed by atoms with E-state index in [1.807, 2.05) is 63.2 Å². The number of hydrogen-bond acceptors (Lipinski definition) is 4. The van der Waals surface area contributed by atoms with Gasteiger partial charge in [-0.2, -0.15) is 5.10 Å². The number of likely N-dealkylation sites (N-methyl/N-ethyl adjacent to an activating group) is 1. The first-order valence-electron chi connectivity index (χ1n) is 8.86. The van der Waals surface area contributed by atoms with Gasteiger partial charge in [0.25, 0.3) is 5.91 Å². The van der Waals surface area contributed by atoms with Gasteiger partial charge >= 0.3 is 0 Å². The number of hydrogen-bond donors (Lipinski definition) is 0. The molecule has 0 aliphatic carbocycles. The minimum atomic E-state index is -0.0660. The standard InChI is InChI=1S/C21H24N4O2/c1-15-5-6-16(2)20(11-15)27-12-21(26)24(4)17(3)18-7-9-19(10-8-18)25-14-22-13-23-25/h5-11,13-14,17H,12H2,1-4H3. The fourth-order valence-corrected chi connectivity index (χ4v) is 2.79. The van der Waals surface area contributed by atoms with Crippen LogP contribution in [0, 0.1) is 13.8 Å². The SMILES string of the molecule is Cc1ccc(C)c(OCC(=O)N(C)C(C)c2ccc(-n3cncn3)cc2)c1. The molecular formula is C21H24N4O2. The molecule has 1 amide bonds. The van der Waals surface area contributed by atoms with E-state index in [2.05, 4.69) is 10.1 Å². The van der Waals surface area contributed by atoms with E-state index < -0.39 is 0 Å². The van der Waals surface area contributed by atoms with E-state index in [1.165, 1.54) is 6.33 Å². The molecule has 3 aromatic rings. The summed E-state index contributed by atoms with van der Waals surface area (Å²) < 4.78 is 7.44. The lowest BCUT2D eigenvalue weighted by Gasteiger charge is -2.25. The molecule has 0 spiro atoms. The molecule has 3 rings (SSSR count). The zero-order chi connectivity index (χ0) is 19.4. The lowest BCUT2D eigenvalue weighted by atomic mass is 10.1. The molecule has 0 aliphatic heterocycles. The Kier molecular flexibility index (Phi) is 5.54. The van der Waals surface area contributed by atoms with E-state index in [0.717, 1.165) is 28.1 Å². The van der Waals surface area contributed by atoms with Crippen LogP contribution in [-0.2, 0) is 4.79 Å². The number of amides is 1. The molecule has 0 fully saturated rings. The zero-order valence-corrected chi connectivity index (χ0v) is 16.1. The molecule has 27 heavy (non-hydrogen) atoms. The molecule has 2 aromatic carbocycles. The van der Waals surface area contributed by atoms with E-state index in [4.69, 9.17) is 4.74 Å². The lowest BCUT2D eigenvalue weighted by molar-refractivity contribution is -0.134. The van der Waals surface area contributed by atoms with Crippen molar-refractivity contribution in [1.29, 1.82) is 0 Å². The molecule has 0 aliphatic rings. The van der Waals surface area contributed by atoms with E-state index in [1.54, 1.807) is 23.0 Å². The Morgan fingerprint density at radius 2 is 1.93 bits per heavy atom. The van der Waals surface area contributed by atoms with Gasteiger partial charge in [0.1, 0.15) is 18.4 Å². The van der Waals surface area contributed by atoms with Crippen molar-refractivity contribution in [2.24, 2.45) is 0 Å². The fraction of sp³-hybridized carbons (Fsp3) is 0.286. The van der Waals surface area contributed by atoms with Crippen molar-refractivity contribution in [3.63, 3.8) is 0 Å². The maximum absolute atomic E-state index is 12.6. The average Bonchev–Trinajstić information content (AvgIpc) is 3.22. The predicted octanol–water partition coefficient (Wildman–Crippen LogP) is 3.48. The second-order valence-corrected chi connectivity index (χ2v) is 6.67. The van der Waals surface area contributed by atoms with Crippen molar-refractivity contribution in [1.82, 2.24) is 19.7 Å². The zero-order valence-electron chi connectivity index (χ0n) is 16.1. The smallest absolute Gasteiger partial charge is 0.260 e. The van der Waals surface area contributed by atoms with Gasteiger partial charge in [-0.3, -0.25) is 4.79 Å². The molecule has 1 atom stereocenters. The summed E-state index contributed by atoms with van der Waals surface area (Å²) in [6.07, 6.45) is 3.15. The Bertz CT molecular complexity index is 904. The van der Waals surface area contributed by atoms with Gasteiger partial charge in [0.15, 0.2) is 6.61 Å². The van der Waals surface area contributed by atoms with Crippen molar-refractivity contribution in [3.05, 3.63) is 71.8 Å². The summed E-state index contributed by atoms with van der Waals surface area (Å²) in [5.74, 6) is 0.686. The summed E-state index contributed by atoms with van der Waals surface area (Å²) in [5.41, 5.74) is 4.10. The van der Waals surface area contributed by atoms with Crippen LogP contribution in [0.4, 0.5) is 0 Å². The highest BCUT2D eigenvalue weighted by Crippen LogP contribution is 2.22. The Labute approximate surface area is 159 Å². The fourth-order valence-electron chi connectivity index (χ4n) is 2.79. The van der Waals surface area contributed by atoms with Crippen molar-refractivity contribution >= 4 is 5.91 Å². The number of aromatic nitrogens is 3. The lowest BCUT2D eigenvalue weighted by Crippen LogP contribution is -2.33. The molecule has 140 valence electrons. The molecular weight excluding hydrogens is 340 g/mol. The summed E-state index contributed by atoms with van der Waals surface area (Å²) in [6.45, 7) is 6.00. The first-order valence-corrected chi connectivity index (χ1v) is 8.86. The van der Waals surface area contributed by atoms with Crippen LogP contribution in [0.1, 0.15) is 29.7 Å². The van der Waals surface area contributed by atoms with Crippen molar-refractivity contribution in [2.75, 3.05) is 13.7 Å². The van der Waals surface area contributed by atoms with Crippen LogP contribution >= 0.6 is 0 Å². The van der Waals surface area contributed by atoms with Gasteiger partial charge < -0.3 is 9.64 Å². The topological polar surface area (TPSA) is 60.2 Å². The molecule has 0 saturated heterocycles. The van der Waals surface area contributed by atoms with Gasteiger partial charge in [-0.05, 0) is 55.7 Å². The quantitative estimate of drug-likeness (QED) is 0.672. The highest BCUT2D eigenvalue weighted by atomic mass is 16.5. The van der Waals surface area contributed by atoms with E-state index in [9.17, 15) is 4.79 Å². The second kappa shape index (κ2) is 8.03. The summed E-state index contributed by atoms with van der Waals surface area (Å²) in [6, 6.07) is 13.8. The van der Waals surface area contributed by atoms with Gasteiger partial charge in [-0.1, -0.05) is 24.3 Å². The molecule has 0 radical (unpaired) electrons. The number of nitrogens with zero attached hydrogens (tertiary/aromatic N) is 4. The monoisotopic (exact) mass is 364 g/mol. The van der Waals surface area contributed by atoms with Crippen LogP contribution in [0.5, 0.6) is 5.75 Å².